The second-order valence-electron chi connectivity index (χ2n) is 8.26. The molecular formula is C22H25N5OS. The number of benzene rings is 1. The molecule has 1 N–H and O–H groups in total. The van der Waals surface area contributed by atoms with E-state index in [1.54, 1.807) is 0 Å². The quantitative estimate of drug-likeness (QED) is 0.702. The van der Waals surface area contributed by atoms with Crippen molar-refractivity contribution in [3.05, 3.63) is 53.8 Å². The van der Waals surface area contributed by atoms with E-state index in [1.165, 1.54) is 17.8 Å². The van der Waals surface area contributed by atoms with Crippen molar-refractivity contribution in [1.29, 1.82) is 0 Å². The van der Waals surface area contributed by atoms with Crippen LogP contribution in [-0.4, -0.2) is 50.2 Å². The first kappa shape index (κ1) is 18.5. The minimum Gasteiger partial charge on any atom is -0.331 e. The Kier molecular flexibility index (Phi) is 4.72. The minimum atomic E-state index is 0.0514. The molecule has 0 radical (unpaired) electrons. The number of thiazole rings is 1. The highest BCUT2D eigenvalue weighted by molar-refractivity contribution is 7.13. The van der Waals surface area contributed by atoms with E-state index in [4.69, 9.17) is 0 Å². The molecular weight excluding hydrogens is 382 g/mol. The lowest BCUT2D eigenvalue weighted by Crippen LogP contribution is -2.50. The van der Waals surface area contributed by atoms with Gasteiger partial charge in [0.1, 0.15) is 10.7 Å². The van der Waals surface area contributed by atoms with Crippen molar-refractivity contribution in [2.45, 2.75) is 44.8 Å². The number of amides is 1. The summed E-state index contributed by atoms with van der Waals surface area (Å²) >= 11 is 1.50. The number of hydrogen-bond donors (Lipinski definition) is 1. The third-order valence-electron chi connectivity index (χ3n) is 6.05. The van der Waals surface area contributed by atoms with Gasteiger partial charge in [-0.25, -0.2) is 9.67 Å². The number of rotatable bonds is 5. The fourth-order valence-electron chi connectivity index (χ4n) is 4.71. The van der Waals surface area contributed by atoms with E-state index in [1.807, 2.05) is 52.8 Å². The van der Waals surface area contributed by atoms with Crippen LogP contribution in [0.5, 0.6) is 0 Å². The molecule has 1 unspecified atom stereocenters. The summed E-state index contributed by atoms with van der Waals surface area (Å²) in [5.74, 6) is 0.615. The molecule has 3 aromatic rings. The summed E-state index contributed by atoms with van der Waals surface area (Å²) in [7, 11) is 0. The van der Waals surface area contributed by atoms with Crippen molar-refractivity contribution in [3.63, 3.8) is 0 Å². The highest BCUT2D eigenvalue weighted by atomic mass is 32.1. The first-order valence-corrected chi connectivity index (χ1v) is 11.1. The average molecular weight is 408 g/mol. The molecule has 6 nitrogen and oxygen atoms in total. The van der Waals surface area contributed by atoms with Gasteiger partial charge in [-0.1, -0.05) is 18.2 Å². The van der Waals surface area contributed by atoms with Crippen LogP contribution in [0, 0.1) is 5.92 Å². The average Bonchev–Trinajstić information content (AvgIpc) is 3.52. The molecule has 1 saturated heterocycles. The Morgan fingerprint density at radius 3 is 2.79 bits per heavy atom. The summed E-state index contributed by atoms with van der Waals surface area (Å²) in [4.78, 5) is 20.1. The van der Waals surface area contributed by atoms with Gasteiger partial charge in [-0.3, -0.25) is 4.79 Å². The molecule has 2 bridgehead atoms. The second kappa shape index (κ2) is 7.39. The molecule has 1 aliphatic carbocycles. The van der Waals surface area contributed by atoms with Crippen LogP contribution in [0.3, 0.4) is 0 Å². The zero-order chi connectivity index (χ0) is 20.0. The van der Waals surface area contributed by atoms with Gasteiger partial charge in [0.25, 0.3) is 5.91 Å². The van der Waals surface area contributed by atoms with Crippen molar-refractivity contribution < 1.29 is 4.79 Å². The van der Waals surface area contributed by atoms with Crippen LogP contribution in [0.4, 0.5) is 0 Å². The molecule has 2 aliphatic rings. The van der Waals surface area contributed by atoms with Gasteiger partial charge in [0.15, 0.2) is 0 Å². The van der Waals surface area contributed by atoms with Gasteiger partial charge in [0.05, 0.1) is 11.9 Å². The normalized spacial score (nSPS) is 23.1. The Labute approximate surface area is 174 Å². The van der Waals surface area contributed by atoms with E-state index in [0.29, 0.717) is 23.7 Å². The van der Waals surface area contributed by atoms with E-state index < -0.39 is 0 Å². The van der Waals surface area contributed by atoms with E-state index in [-0.39, 0.29) is 11.9 Å². The van der Waals surface area contributed by atoms with Gasteiger partial charge in [-0.15, -0.1) is 11.3 Å². The predicted molar refractivity (Wildman–Crippen MR) is 114 cm³/mol. The monoisotopic (exact) mass is 407 g/mol. The zero-order valence-corrected chi connectivity index (χ0v) is 17.5. The molecule has 3 heterocycles. The van der Waals surface area contributed by atoms with Crippen LogP contribution in [0.25, 0.3) is 16.3 Å². The first-order valence-electron chi connectivity index (χ1n) is 10.2. The summed E-state index contributed by atoms with van der Waals surface area (Å²) in [6, 6.07) is 11.0. The maximum Gasteiger partial charge on any atom is 0.273 e. The smallest absolute Gasteiger partial charge is 0.273 e. The number of nitrogens with zero attached hydrogens (tertiary/aromatic N) is 4. The molecule has 150 valence electrons. The van der Waals surface area contributed by atoms with Crippen molar-refractivity contribution in [2.24, 2.45) is 5.92 Å². The molecule has 3 atom stereocenters. The molecule has 0 spiro atoms. The van der Waals surface area contributed by atoms with Crippen LogP contribution in [-0.2, 0) is 0 Å². The topological polar surface area (TPSA) is 63.1 Å². The van der Waals surface area contributed by atoms with Crippen molar-refractivity contribution in [2.75, 3.05) is 6.54 Å². The van der Waals surface area contributed by atoms with Gasteiger partial charge in [-0.2, -0.15) is 5.10 Å². The van der Waals surface area contributed by atoms with Crippen LogP contribution in [0.15, 0.2) is 48.1 Å². The zero-order valence-electron chi connectivity index (χ0n) is 16.7. The Morgan fingerprint density at radius 2 is 2.10 bits per heavy atom. The fourth-order valence-corrected chi connectivity index (χ4v) is 5.48. The van der Waals surface area contributed by atoms with Crippen molar-refractivity contribution in [1.82, 2.24) is 25.0 Å². The Bertz CT molecular complexity index is 1010. The molecule has 2 aromatic heterocycles. The van der Waals surface area contributed by atoms with Crippen molar-refractivity contribution >= 4 is 17.2 Å². The van der Waals surface area contributed by atoms with Gasteiger partial charge in [0.2, 0.25) is 0 Å². The Morgan fingerprint density at radius 1 is 1.28 bits per heavy atom. The Balaban J connectivity index is 1.38. The number of hydrogen-bond acceptors (Lipinski definition) is 5. The summed E-state index contributed by atoms with van der Waals surface area (Å²) in [6.45, 7) is 5.23. The number of carbonyl (C=O) groups is 1. The number of para-hydroxylation sites is 1. The molecule has 1 saturated carbocycles. The summed E-state index contributed by atoms with van der Waals surface area (Å²) in [5.41, 5.74) is 2.47. The van der Waals surface area contributed by atoms with Gasteiger partial charge in [0, 0.05) is 41.8 Å². The van der Waals surface area contributed by atoms with Crippen LogP contribution < -0.4 is 5.32 Å². The van der Waals surface area contributed by atoms with Gasteiger partial charge >= 0.3 is 0 Å². The standard InChI is InChI=1S/C22H25N5OS/c1-14(2)27(20-9-17-8-15(20)10-23-17)22(28)19-13-29-21(25-19)16-11-24-26(12-16)18-6-4-3-5-7-18/h3-7,11-15,17,20,23H,8-10H2,1-2H3/t15-,17-,20?/m0/s1. The van der Waals surface area contributed by atoms with Crippen LogP contribution >= 0.6 is 11.3 Å². The van der Waals surface area contributed by atoms with E-state index in [0.717, 1.165) is 29.2 Å². The SMILES string of the molecule is CC(C)N(C(=O)c1csc(-c2cnn(-c3ccccc3)c2)n1)C1C[C@@H]2C[C@H]1CN2. The number of nitrogens with one attached hydrogen (secondary N) is 1. The minimum absolute atomic E-state index is 0.0514. The van der Waals surface area contributed by atoms with Crippen LogP contribution in [0.2, 0.25) is 0 Å². The predicted octanol–water partition coefficient (Wildman–Crippen LogP) is 3.60. The third-order valence-corrected chi connectivity index (χ3v) is 6.94. The maximum absolute atomic E-state index is 13.3. The molecule has 7 heteroatoms. The number of aromatic nitrogens is 3. The first-order chi connectivity index (χ1) is 14.1. The lowest BCUT2D eigenvalue weighted by atomic mass is 10.00. The maximum atomic E-state index is 13.3. The molecule has 29 heavy (non-hydrogen) atoms. The molecule has 1 aliphatic heterocycles. The van der Waals surface area contributed by atoms with Gasteiger partial charge < -0.3 is 10.2 Å². The lowest BCUT2D eigenvalue weighted by Gasteiger charge is -2.37. The highest BCUT2D eigenvalue weighted by Gasteiger charge is 2.44. The largest absolute Gasteiger partial charge is 0.331 e. The molecule has 1 aromatic carbocycles. The highest BCUT2D eigenvalue weighted by Crippen LogP contribution is 2.36. The van der Waals surface area contributed by atoms with E-state index in [9.17, 15) is 4.79 Å². The number of piperidine rings is 1. The fraction of sp³-hybridized carbons (Fsp3) is 0.409. The summed E-state index contributed by atoms with van der Waals surface area (Å²) in [5, 5.41) is 10.7. The summed E-state index contributed by atoms with van der Waals surface area (Å²) < 4.78 is 1.83. The van der Waals surface area contributed by atoms with Gasteiger partial charge in [-0.05, 0) is 44.7 Å². The number of fused-ring (bicyclic) bond motifs is 2. The Hall–Kier alpha value is -2.51. The molecule has 2 fully saturated rings. The lowest BCUT2D eigenvalue weighted by molar-refractivity contribution is 0.0533. The second-order valence-corrected chi connectivity index (χ2v) is 9.12. The summed E-state index contributed by atoms with van der Waals surface area (Å²) in [6.07, 6.45) is 6.00. The van der Waals surface area contributed by atoms with E-state index >= 15 is 0 Å². The molecule has 5 rings (SSSR count). The number of carbonyl (C=O) groups excluding carboxylic acids is 1. The van der Waals surface area contributed by atoms with Crippen molar-refractivity contribution in [3.8, 4) is 16.3 Å². The molecule has 1 amide bonds. The van der Waals surface area contributed by atoms with Crippen LogP contribution in [0.1, 0.15) is 37.2 Å². The third kappa shape index (κ3) is 3.38. The van der Waals surface area contributed by atoms with E-state index in [2.05, 4.69) is 34.1 Å².